The Bertz CT molecular complexity index is 825. The quantitative estimate of drug-likeness (QED) is 0.877. The Morgan fingerprint density at radius 2 is 2.11 bits per heavy atom. The number of benzene rings is 1. The number of carboxylic acids is 1. The molecule has 8 heteroatoms. The molecule has 1 aromatic carbocycles. The van der Waals surface area contributed by atoms with E-state index in [-0.39, 0.29) is 19.6 Å². The predicted octanol–water partition coefficient (Wildman–Crippen LogP) is 3.00. The molecule has 144 valence electrons. The van der Waals surface area contributed by atoms with E-state index in [1.165, 1.54) is 17.4 Å². The second kappa shape index (κ2) is 7.30. The topological polar surface area (TPSA) is 102 Å². The number of aromatic nitrogens is 1. The van der Waals surface area contributed by atoms with Crippen LogP contribution in [0, 0.1) is 0 Å². The van der Waals surface area contributed by atoms with Gasteiger partial charge in [0.1, 0.15) is 23.7 Å². The number of hydrogen-bond acceptors (Lipinski definition) is 6. The molecule has 1 aliphatic heterocycles. The highest BCUT2D eigenvalue weighted by Gasteiger charge is 2.37. The molecule has 1 amide bonds. The molecule has 27 heavy (non-hydrogen) atoms. The van der Waals surface area contributed by atoms with Crippen molar-refractivity contribution in [2.75, 3.05) is 0 Å². The Labute approximate surface area is 156 Å². The van der Waals surface area contributed by atoms with E-state index in [1.807, 2.05) is 6.07 Å². The number of hydrogen-bond donors (Lipinski definition) is 1. The number of carbonyl (C=O) groups is 2. The van der Waals surface area contributed by atoms with Gasteiger partial charge in [0, 0.05) is 6.42 Å². The van der Waals surface area contributed by atoms with Crippen LogP contribution in [0.1, 0.15) is 37.8 Å². The number of nitrogens with zero attached hydrogens (tertiary/aromatic N) is 2. The van der Waals surface area contributed by atoms with Crippen LogP contribution < -0.4 is 4.74 Å². The highest BCUT2D eigenvalue weighted by Crippen LogP contribution is 2.29. The zero-order chi connectivity index (χ0) is 19.6. The minimum absolute atomic E-state index is 0.136. The lowest BCUT2D eigenvalue weighted by Crippen LogP contribution is -2.50. The van der Waals surface area contributed by atoms with Gasteiger partial charge in [0.05, 0.1) is 12.7 Å². The van der Waals surface area contributed by atoms with E-state index in [0.29, 0.717) is 11.6 Å². The van der Waals surface area contributed by atoms with Crippen molar-refractivity contribution in [1.29, 1.82) is 0 Å². The van der Waals surface area contributed by atoms with E-state index in [1.54, 1.807) is 32.9 Å². The van der Waals surface area contributed by atoms with Crippen molar-refractivity contribution in [2.45, 2.75) is 52.0 Å². The summed E-state index contributed by atoms with van der Waals surface area (Å²) in [5, 5.41) is 9.53. The minimum atomic E-state index is -1.06. The molecular weight excluding hydrogens is 352 g/mol. The second-order valence-corrected chi connectivity index (χ2v) is 7.31. The molecule has 0 saturated carbocycles. The first-order valence-corrected chi connectivity index (χ1v) is 8.58. The van der Waals surface area contributed by atoms with E-state index in [0.717, 1.165) is 11.1 Å². The highest BCUT2D eigenvalue weighted by molar-refractivity contribution is 5.81. The molecular formula is C19H22N2O6. The number of rotatable bonds is 4. The number of oxazole rings is 1. The molecule has 0 spiro atoms. The summed E-state index contributed by atoms with van der Waals surface area (Å²) in [5.74, 6) is -0.0189. The van der Waals surface area contributed by atoms with Gasteiger partial charge in [-0.3, -0.25) is 4.90 Å². The number of fused-ring (bicyclic) bond motifs is 1. The molecule has 0 fully saturated rings. The van der Waals surface area contributed by atoms with Crippen LogP contribution in [0.3, 0.4) is 0 Å². The van der Waals surface area contributed by atoms with Crippen LogP contribution in [-0.4, -0.2) is 38.7 Å². The van der Waals surface area contributed by atoms with Crippen molar-refractivity contribution in [3.8, 4) is 5.75 Å². The van der Waals surface area contributed by atoms with E-state index in [9.17, 15) is 14.7 Å². The molecule has 0 aliphatic carbocycles. The van der Waals surface area contributed by atoms with Gasteiger partial charge in [-0.15, -0.1) is 0 Å². The number of amides is 1. The smallest absolute Gasteiger partial charge is 0.411 e. The van der Waals surface area contributed by atoms with E-state index < -0.39 is 23.7 Å². The van der Waals surface area contributed by atoms with Crippen LogP contribution in [-0.2, 0) is 29.1 Å². The van der Waals surface area contributed by atoms with Crippen LogP contribution in [0.4, 0.5) is 4.79 Å². The summed E-state index contributed by atoms with van der Waals surface area (Å²) in [6.45, 7) is 5.55. The first-order chi connectivity index (χ1) is 12.7. The first kappa shape index (κ1) is 18.8. The fourth-order valence-corrected chi connectivity index (χ4v) is 2.85. The summed E-state index contributed by atoms with van der Waals surface area (Å²) in [7, 11) is 0. The molecule has 1 atom stereocenters. The van der Waals surface area contributed by atoms with Crippen molar-refractivity contribution < 1.29 is 28.6 Å². The van der Waals surface area contributed by atoms with E-state index in [2.05, 4.69) is 4.98 Å². The second-order valence-electron chi connectivity index (χ2n) is 7.31. The maximum atomic E-state index is 12.5. The summed E-state index contributed by atoms with van der Waals surface area (Å²) < 4.78 is 16.2. The molecule has 0 saturated heterocycles. The first-order valence-electron chi connectivity index (χ1n) is 8.58. The average molecular weight is 374 g/mol. The Kier molecular flexibility index (Phi) is 5.07. The summed E-state index contributed by atoms with van der Waals surface area (Å²) >= 11 is 0. The maximum absolute atomic E-state index is 12.5. The normalized spacial score (nSPS) is 16.6. The van der Waals surface area contributed by atoms with Crippen LogP contribution in [0.5, 0.6) is 5.75 Å². The van der Waals surface area contributed by atoms with Gasteiger partial charge in [0.15, 0.2) is 6.61 Å². The number of carbonyl (C=O) groups excluding carboxylic acids is 1. The molecule has 0 radical (unpaired) electrons. The number of carboxylic acid groups (broad SMARTS) is 1. The van der Waals surface area contributed by atoms with Crippen molar-refractivity contribution in [2.24, 2.45) is 0 Å². The maximum Gasteiger partial charge on any atom is 0.411 e. The molecule has 0 unspecified atom stereocenters. The molecule has 1 aliphatic rings. The Morgan fingerprint density at radius 3 is 2.74 bits per heavy atom. The molecule has 2 heterocycles. The minimum Gasteiger partial charge on any atom is -0.484 e. The summed E-state index contributed by atoms with van der Waals surface area (Å²) in [5.41, 5.74) is 0.982. The number of aliphatic carboxylic acids is 1. The third kappa shape index (κ3) is 4.58. The zero-order valence-electron chi connectivity index (χ0n) is 15.5. The van der Waals surface area contributed by atoms with Gasteiger partial charge in [-0.05, 0) is 44.0 Å². The molecule has 0 bridgehead atoms. The summed E-state index contributed by atoms with van der Waals surface area (Å²) in [6.07, 6.45) is 2.57. The van der Waals surface area contributed by atoms with Crippen molar-refractivity contribution >= 4 is 12.1 Å². The van der Waals surface area contributed by atoms with Gasteiger partial charge >= 0.3 is 12.1 Å². The number of ether oxygens (including phenoxy) is 2. The Balaban J connectivity index is 1.79. The van der Waals surface area contributed by atoms with Crippen molar-refractivity contribution in [3.05, 3.63) is 47.7 Å². The van der Waals surface area contributed by atoms with Gasteiger partial charge in [-0.2, -0.15) is 0 Å². The Hall–Kier alpha value is -3.03. The lowest BCUT2D eigenvalue weighted by Gasteiger charge is -2.35. The van der Waals surface area contributed by atoms with Crippen LogP contribution in [0.2, 0.25) is 0 Å². The molecule has 3 rings (SSSR count). The predicted molar refractivity (Wildman–Crippen MR) is 94.2 cm³/mol. The van der Waals surface area contributed by atoms with E-state index in [4.69, 9.17) is 13.9 Å². The third-order valence-electron chi connectivity index (χ3n) is 4.07. The van der Waals surface area contributed by atoms with Gasteiger partial charge in [0.25, 0.3) is 0 Å². The molecule has 1 aromatic heterocycles. The standard InChI is InChI=1S/C19H22N2O6/c1-19(2,3)27-18(24)21-10-13-8-14(26-11-16-20-6-7-25-16)5-4-12(13)9-15(21)17(22)23/h4-8,15H,9-11H2,1-3H3,(H,22,23)/t15-/m0/s1. The zero-order valence-corrected chi connectivity index (χ0v) is 15.5. The van der Waals surface area contributed by atoms with Crippen molar-refractivity contribution in [1.82, 2.24) is 9.88 Å². The lowest BCUT2D eigenvalue weighted by atomic mass is 9.94. The lowest BCUT2D eigenvalue weighted by molar-refractivity contribution is -0.143. The van der Waals surface area contributed by atoms with Crippen molar-refractivity contribution in [3.63, 3.8) is 0 Å². The molecule has 8 nitrogen and oxygen atoms in total. The van der Waals surface area contributed by atoms with Gasteiger partial charge in [-0.25, -0.2) is 14.6 Å². The third-order valence-corrected chi connectivity index (χ3v) is 4.07. The largest absolute Gasteiger partial charge is 0.484 e. The summed E-state index contributed by atoms with van der Waals surface area (Å²) in [6, 6.07) is 4.42. The van der Waals surface area contributed by atoms with Crippen LogP contribution in [0.15, 0.2) is 35.1 Å². The fraction of sp³-hybridized carbons (Fsp3) is 0.421. The van der Waals surface area contributed by atoms with E-state index >= 15 is 0 Å². The van der Waals surface area contributed by atoms with Gasteiger partial charge in [-0.1, -0.05) is 6.07 Å². The SMILES string of the molecule is CC(C)(C)OC(=O)N1Cc2cc(OCc3ncco3)ccc2C[C@H]1C(=O)O. The Morgan fingerprint density at radius 1 is 1.33 bits per heavy atom. The monoisotopic (exact) mass is 374 g/mol. The molecule has 1 N–H and O–H groups in total. The summed E-state index contributed by atoms with van der Waals surface area (Å²) in [4.78, 5) is 29.4. The van der Waals surface area contributed by atoms with Gasteiger partial charge in [0.2, 0.25) is 5.89 Å². The van der Waals surface area contributed by atoms with Crippen LogP contribution >= 0.6 is 0 Å². The average Bonchev–Trinajstić information content (AvgIpc) is 3.10. The molecule has 2 aromatic rings. The fourth-order valence-electron chi connectivity index (χ4n) is 2.85. The highest BCUT2D eigenvalue weighted by atomic mass is 16.6. The van der Waals surface area contributed by atoms with Crippen LogP contribution in [0.25, 0.3) is 0 Å². The van der Waals surface area contributed by atoms with Gasteiger partial charge < -0.3 is 19.0 Å².